The molecule has 0 aromatic carbocycles. The molecule has 0 aliphatic heterocycles. The van der Waals surface area contributed by atoms with Gasteiger partial charge in [0.25, 0.3) is 0 Å². The van der Waals surface area contributed by atoms with Gasteiger partial charge in [0.05, 0.1) is 11.9 Å². The molecule has 0 aromatic heterocycles. The smallest absolute Gasteiger partial charge is 0.0781 e. The van der Waals surface area contributed by atoms with Gasteiger partial charge in [-0.1, -0.05) is 13.8 Å². The van der Waals surface area contributed by atoms with Crippen LogP contribution in [0.4, 0.5) is 0 Å². The molecule has 7 heavy (non-hydrogen) atoms. The highest BCUT2D eigenvalue weighted by Gasteiger charge is 1.87. The lowest BCUT2D eigenvalue weighted by molar-refractivity contribution is 0.623. The summed E-state index contributed by atoms with van der Waals surface area (Å²) in [6, 6.07) is 0. The quantitative estimate of drug-likeness (QED) is 0.509. The molecule has 0 rings (SSSR count). The highest BCUT2D eigenvalue weighted by atomic mass is 32.2. The van der Waals surface area contributed by atoms with E-state index in [0.717, 1.165) is 6.54 Å². The maximum absolute atomic E-state index is 9.70. The Morgan fingerprint density at radius 1 is 1.71 bits per heavy atom. The van der Waals surface area contributed by atoms with Crippen molar-refractivity contribution in [2.75, 3.05) is 6.54 Å². The largest absolute Gasteiger partial charge is 0.246 e. The zero-order valence-corrected chi connectivity index (χ0v) is 5.53. The molecule has 1 N–H and O–H groups in total. The minimum atomic E-state index is 0.0403. The van der Waals surface area contributed by atoms with Gasteiger partial charge in [-0.2, -0.15) is 0 Å². The third kappa shape index (κ3) is 6.11. The van der Waals surface area contributed by atoms with Gasteiger partial charge in [-0.25, -0.2) is 8.93 Å². The summed E-state index contributed by atoms with van der Waals surface area (Å²) in [5.41, 5.74) is 0. The molecule has 0 aromatic rings. The van der Waals surface area contributed by atoms with E-state index in [2.05, 4.69) is 18.6 Å². The van der Waals surface area contributed by atoms with Crippen LogP contribution in [0.2, 0.25) is 0 Å². The molecule has 0 aliphatic carbocycles. The molecule has 0 atom stereocenters. The lowest BCUT2D eigenvalue weighted by atomic mass is 10.2. The summed E-state index contributed by atoms with van der Waals surface area (Å²) in [6.07, 6.45) is 0. The second-order valence-electron chi connectivity index (χ2n) is 1.85. The first-order valence-corrected chi connectivity index (χ1v) is 3.14. The Balaban J connectivity index is 2.81. The molecule has 0 saturated heterocycles. The van der Waals surface area contributed by atoms with Crippen molar-refractivity contribution in [2.45, 2.75) is 13.8 Å². The van der Waals surface area contributed by atoms with Crippen LogP contribution in [0.25, 0.3) is 0 Å². The Morgan fingerprint density at radius 3 is 2.43 bits per heavy atom. The summed E-state index contributed by atoms with van der Waals surface area (Å²) >= 11 is 0.0403. The van der Waals surface area contributed by atoms with E-state index >= 15 is 0 Å². The van der Waals surface area contributed by atoms with Crippen LogP contribution in [-0.2, 0) is 11.9 Å². The molecule has 44 valence electrons. The number of hydrogen-bond acceptors (Lipinski definition) is 1. The van der Waals surface area contributed by atoms with Crippen LogP contribution < -0.4 is 4.72 Å². The first kappa shape index (κ1) is 7.11. The summed E-state index contributed by atoms with van der Waals surface area (Å²) in [4.78, 5) is 0. The Morgan fingerprint density at radius 2 is 2.29 bits per heavy atom. The molecule has 0 unspecified atom stereocenters. The average molecular weight is 121 g/mol. The molecule has 2 nitrogen and oxygen atoms in total. The normalized spacial score (nSPS) is 10.1. The molecule has 0 bridgehead atoms. The van der Waals surface area contributed by atoms with Crippen molar-refractivity contribution in [3.8, 4) is 0 Å². The minimum Gasteiger partial charge on any atom is -0.246 e. The summed E-state index contributed by atoms with van der Waals surface area (Å²) in [7, 11) is 0. The fourth-order valence-electron chi connectivity index (χ4n) is 0.220. The summed E-state index contributed by atoms with van der Waals surface area (Å²) in [5, 5.41) is 0. The van der Waals surface area contributed by atoms with Gasteiger partial charge in [0.1, 0.15) is 0 Å². The molecule has 0 radical (unpaired) electrons. The Kier molecular flexibility index (Phi) is 4.34. The lowest BCUT2D eigenvalue weighted by Gasteiger charge is -1.97. The number of nitrogens with one attached hydrogen (secondary N) is 1. The highest BCUT2D eigenvalue weighted by Crippen LogP contribution is 1.84. The fourth-order valence-corrected chi connectivity index (χ4v) is 0.660. The van der Waals surface area contributed by atoms with Crippen molar-refractivity contribution >= 4 is 11.9 Å². The van der Waals surface area contributed by atoms with Gasteiger partial charge in [-0.3, -0.25) is 0 Å². The zero-order chi connectivity index (χ0) is 5.70. The van der Waals surface area contributed by atoms with Crippen molar-refractivity contribution in [1.29, 1.82) is 0 Å². The van der Waals surface area contributed by atoms with Crippen LogP contribution in [0.3, 0.4) is 0 Å². The standard InChI is InChI=1S/C4H11NOS/c1-4(2)3-5-7-6/h4,7H,3H2,1-2H3,(H,5,6). The van der Waals surface area contributed by atoms with E-state index in [-0.39, 0.29) is 11.9 Å². The van der Waals surface area contributed by atoms with E-state index in [1.54, 1.807) is 0 Å². The summed E-state index contributed by atoms with van der Waals surface area (Å²) < 4.78 is 12.4. The predicted octanol–water partition coefficient (Wildman–Crippen LogP) is 0.0923. The van der Waals surface area contributed by atoms with Crippen molar-refractivity contribution in [3.05, 3.63) is 0 Å². The number of rotatable bonds is 3. The Hall–Kier alpha value is 0.110. The fraction of sp³-hybridized carbons (Fsp3) is 1.00. The van der Waals surface area contributed by atoms with Crippen LogP contribution in [-0.4, -0.2) is 10.8 Å². The van der Waals surface area contributed by atoms with Crippen molar-refractivity contribution in [1.82, 2.24) is 4.72 Å². The van der Waals surface area contributed by atoms with Crippen LogP contribution in [0.1, 0.15) is 13.8 Å². The second kappa shape index (κ2) is 4.27. The molecule has 3 heteroatoms. The van der Waals surface area contributed by atoms with E-state index in [0.29, 0.717) is 5.92 Å². The highest BCUT2D eigenvalue weighted by molar-refractivity contribution is 7.63. The molecule has 0 aliphatic rings. The Labute approximate surface area is 47.9 Å². The lowest BCUT2D eigenvalue weighted by Crippen LogP contribution is -2.13. The van der Waals surface area contributed by atoms with E-state index in [1.165, 1.54) is 0 Å². The van der Waals surface area contributed by atoms with Crippen LogP contribution in [0.5, 0.6) is 0 Å². The SMILES string of the molecule is CC(C)CN[SH]=O. The van der Waals surface area contributed by atoms with Crippen LogP contribution in [0, 0.1) is 5.92 Å². The monoisotopic (exact) mass is 121 g/mol. The van der Waals surface area contributed by atoms with Gasteiger partial charge in [0, 0.05) is 6.54 Å². The average Bonchev–Trinajstić information content (AvgIpc) is 1.61. The first-order chi connectivity index (χ1) is 3.27. The molecule has 0 amide bonds. The second-order valence-corrected chi connectivity index (χ2v) is 2.35. The van der Waals surface area contributed by atoms with Gasteiger partial charge in [0.2, 0.25) is 0 Å². The topological polar surface area (TPSA) is 29.1 Å². The van der Waals surface area contributed by atoms with Crippen molar-refractivity contribution in [3.63, 3.8) is 0 Å². The molecule has 0 saturated carbocycles. The van der Waals surface area contributed by atoms with Crippen LogP contribution in [0.15, 0.2) is 0 Å². The van der Waals surface area contributed by atoms with Gasteiger partial charge >= 0.3 is 0 Å². The molecule has 0 heterocycles. The molecular weight excluding hydrogens is 110 g/mol. The Bertz CT molecular complexity index is 55.7. The molecule has 0 spiro atoms. The molecule has 0 fully saturated rings. The van der Waals surface area contributed by atoms with E-state index in [9.17, 15) is 4.21 Å². The maximum Gasteiger partial charge on any atom is 0.0781 e. The summed E-state index contributed by atoms with van der Waals surface area (Å²) in [6.45, 7) is 4.96. The van der Waals surface area contributed by atoms with Crippen molar-refractivity contribution in [2.24, 2.45) is 5.92 Å². The van der Waals surface area contributed by atoms with Crippen LogP contribution >= 0.6 is 0 Å². The zero-order valence-electron chi connectivity index (χ0n) is 4.64. The molecular formula is C4H11NOS. The van der Waals surface area contributed by atoms with E-state index in [1.807, 2.05) is 0 Å². The maximum atomic E-state index is 9.70. The van der Waals surface area contributed by atoms with Gasteiger partial charge in [-0.05, 0) is 5.92 Å². The van der Waals surface area contributed by atoms with Gasteiger partial charge in [0.15, 0.2) is 0 Å². The third-order valence-corrected chi connectivity index (χ3v) is 0.876. The summed E-state index contributed by atoms with van der Waals surface area (Å²) in [5.74, 6) is 0.585. The van der Waals surface area contributed by atoms with Crippen molar-refractivity contribution < 1.29 is 4.21 Å². The third-order valence-electron chi connectivity index (χ3n) is 0.564. The predicted molar refractivity (Wildman–Crippen MR) is 32.4 cm³/mol. The minimum absolute atomic E-state index is 0.0403. The number of thiol groups is 1. The first-order valence-electron chi connectivity index (χ1n) is 2.32. The van der Waals surface area contributed by atoms with E-state index < -0.39 is 0 Å². The van der Waals surface area contributed by atoms with E-state index in [4.69, 9.17) is 0 Å². The van der Waals surface area contributed by atoms with Gasteiger partial charge < -0.3 is 0 Å². The van der Waals surface area contributed by atoms with Gasteiger partial charge in [-0.15, -0.1) is 0 Å². The number of hydrogen-bond donors (Lipinski definition) is 2.